The summed E-state index contributed by atoms with van der Waals surface area (Å²) in [6.07, 6.45) is -0.210. The molecule has 0 aromatic carbocycles. The summed E-state index contributed by atoms with van der Waals surface area (Å²) < 4.78 is 9.75. The molecule has 0 unspecified atom stereocenters. The zero-order valence-electron chi connectivity index (χ0n) is 10.5. The number of furan rings is 1. The lowest BCUT2D eigenvalue weighted by atomic mass is 10.3. The standard InChI is InChI=1S/C12H15NO6/c1-2-18-11(16)5-6-13-12(17)9-4-3-8(19-9)7-10(14)15/h3-4H,2,5-7H2,1H3,(H,13,17)(H,14,15). The summed E-state index contributed by atoms with van der Waals surface area (Å²) in [5.74, 6) is -1.72. The number of hydrogen-bond acceptors (Lipinski definition) is 5. The van der Waals surface area contributed by atoms with Crippen molar-refractivity contribution >= 4 is 17.8 Å². The monoisotopic (exact) mass is 269 g/mol. The Kier molecular flexibility index (Phi) is 5.59. The van der Waals surface area contributed by atoms with Crippen molar-refractivity contribution in [3.05, 3.63) is 23.7 Å². The highest BCUT2D eigenvalue weighted by atomic mass is 16.5. The maximum Gasteiger partial charge on any atom is 0.311 e. The molecule has 0 bridgehead atoms. The molecule has 0 spiro atoms. The van der Waals surface area contributed by atoms with Crippen molar-refractivity contribution in [3.8, 4) is 0 Å². The van der Waals surface area contributed by atoms with Gasteiger partial charge in [-0.15, -0.1) is 0 Å². The van der Waals surface area contributed by atoms with E-state index in [-0.39, 0.29) is 30.9 Å². The predicted octanol–water partition coefficient (Wildman–Crippen LogP) is 0.590. The van der Waals surface area contributed by atoms with Gasteiger partial charge in [0.25, 0.3) is 5.91 Å². The van der Waals surface area contributed by atoms with Crippen molar-refractivity contribution in [1.29, 1.82) is 0 Å². The molecule has 0 atom stereocenters. The molecule has 19 heavy (non-hydrogen) atoms. The van der Waals surface area contributed by atoms with E-state index in [0.29, 0.717) is 6.61 Å². The number of ether oxygens (including phenoxy) is 1. The van der Waals surface area contributed by atoms with Crippen LogP contribution in [0.15, 0.2) is 16.5 Å². The average molecular weight is 269 g/mol. The third-order valence-electron chi connectivity index (χ3n) is 2.13. The molecular weight excluding hydrogens is 254 g/mol. The minimum atomic E-state index is -1.04. The molecule has 1 aromatic rings. The van der Waals surface area contributed by atoms with Gasteiger partial charge in [0.1, 0.15) is 12.2 Å². The average Bonchev–Trinajstić information content (AvgIpc) is 2.77. The molecule has 0 aliphatic rings. The van der Waals surface area contributed by atoms with Crippen molar-refractivity contribution in [2.45, 2.75) is 19.8 Å². The topological polar surface area (TPSA) is 106 Å². The van der Waals surface area contributed by atoms with Crippen LogP contribution >= 0.6 is 0 Å². The Morgan fingerprint density at radius 3 is 2.74 bits per heavy atom. The van der Waals surface area contributed by atoms with E-state index < -0.39 is 17.8 Å². The molecular formula is C12H15NO6. The smallest absolute Gasteiger partial charge is 0.311 e. The summed E-state index contributed by atoms with van der Waals surface area (Å²) in [7, 11) is 0. The lowest BCUT2D eigenvalue weighted by Gasteiger charge is -2.03. The Balaban J connectivity index is 2.39. The second-order valence-corrected chi connectivity index (χ2v) is 3.65. The summed E-state index contributed by atoms with van der Waals surface area (Å²) in [6, 6.07) is 2.81. The summed E-state index contributed by atoms with van der Waals surface area (Å²) in [6.45, 7) is 2.12. The van der Waals surface area contributed by atoms with Crippen LogP contribution in [0, 0.1) is 0 Å². The Hall–Kier alpha value is -2.31. The van der Waals surface area contributed by atoms with Crippen molar-refractivity contribution in [3.63, 3.8) is 0 Å². The predicted molar refractivity (Wildman–Crippen MR) is 63.6 cm³/mol. The second kappa shape index (κ2) is 7.20. The van der Waals surface area contributed by atoms with Crippen LogP contribution in [0.1, 0.15) is 29.7 Å². The number of rotatable bonds is 7. The van der Waals surface area contributed by atoms with E-state index in [1.165, 1.54) is 12.1 Å². The fourth-order valence-corrected chi connectivity index (χ4v) is 1.34. The van der Waals surface area contributed by atoms with E-state index >= 15 is 0 Å². The number of hydrogen-bond donors (Lipinski definition) is 2. The molecule has 1 aromatic heterocycles. The van der Waals surface area contributed by atoms with E-state index in [9.17, 15) is 14.4 Å². The first-order valence-electron chi connectivity index (χ1n) is 5.77. The van der Waals surface area contributed by atoms with E-state index in [1.807, 2.05) is 0 Å². The molecule has 104 valence electrons. The van der Waals surface area contributed by atoms with Crippen LogP contribution in [0.2, 0.25) is 0 Å². The third-order valence-corrected chi connectivity index (χ3v) is 2.13. The van der Waals surface area contributed by atoms with Crippen LogP contribution in [0.3, 0.4) is 0 Å². The van der Waals surface area contributed by atoms with E-state index in [4.69, 9.17) is 14.3 Å². The Bertz CT molecular complexity index is 465. The first-order chi connectivity index (χ1) is 9.02. The highest BCUT2D eigenvalue weighted by Crippen LogP contribution is 2.08. The van der Waals surface area contributed by atoms with Gasteiger partial charge in [0.2, 0.25) is 0 Å². The number of carbonyl (C=O) groups is 3. The zero-order chi connectivity index (χ0) is 14.3. The largest absolute Gasteiger partial charge is 0.481 e. The van der Waals surface area contributed by atoms with Crippen LogP contribution in [-0.2, 0) is 20.7 Å². The van der Waals surface area contributed by atoms with Gasteiger partial charge in [-0.1, -0.05) is 0 Å². The van der Waals surface area contributed by atoms with Gasteiger partial charge in [-0.25, -0.2) is 0 Å². The van der Waals surface area contributed by atoms with E-state index in [2.05, 4.69) is 5.32 Å². The number of aliphatic carboxylic acids is 1. The number of nitrogens with one attached hydrogen (secondary N) is 1. The highest BCUT2D eigenvalue weighted by Gasteiger charge is 2.13. The Morgan fingerprint density at radius 2 is 2.11 bits per heavy atom. The molecule has 7 heteroatoms. The van der Waals surface area contributed by atoms with Crippen LogP contribution < -0.4 is 5.32 Å². The van der Waals surface area contributed by atoms with E-state index in [1.54, 1.807) is 6.92 Å². The molecule has 7 nitrogen and oxygen atoms in total. The minimum absolute atomic E-state index is 0.0140. The Labute approximate surface area is 109 Å². The highest BCUT2D eigenvalue weighted by molar-refractivity contribution is 5.91. The van der Waals surface area contributed by atoms with Gasteiger partial charge in [0.05, 0.1) is 13.0 Å². The van der Waals surface area contributed by atoms with Gasteiger partial charge in [-0.2, -0.15) is 0 Å². The number of esters is 1. The number of carbonyl (C=O) groups excluding carboxylic acids is 2. The quantitative estimate of drug-likeness (QED) is 0.702. The second-order valence-electron chi connectivity index (χ2n) is 3.65. The molecule has 1 heterocycles. The molecule has 2 N–H and O–H groups in total. The maximum absolute atomic E-state index is 11.6. The normalized spacial score (nSPS) is 9.95. The SMILES string of the molecule is CCOC(=O)CCNC(=O)c1ccc(CC(=O)O)o1. The van der Waals surface area contributed by atoms with Crippen LogP contribution in [0.5, 0.6) is 0 Å². The summed E-state index contributed by atoms with van der Waals surface area (Å²) in [5.41, 5.74) is 0. The molecule has 0 aliphatic carbocycles. The van der Waals surface area contributed by atoms with E-state index in [0.717, 1.165) is 0 Å². The first kappa shape index (κ1) is 14.7. The molecule has 0 radical (unpaired) electrons. The molecule has 1 rings (SSSR count). The van der Waals surface area contributed by atoms with Crippen LogP contribution in [-0.4, -0.2) is 36.1 Å². The van der Waals surface area contributed by atoms with Crippen molar-refractivity contribution < 1.29 is 28.6 Å². The fourth-order valence-electron chi connectivity index (χ4n) is 1.34. The summed E-state index contributed by atoms with van der Waals surface area (Å²) >= 11 is 0. The van der Waals surface area contributed by atoms with Gasteiger partial charge in [0.15, 0.2) is 5.76 Å². The number of carboxylic acids is 1. The maximum atomic E-state index is 11.6. The van der Waals surface area contributed by atoms with Gasteiger partial charge >= 0.3 is 11.9 Å². The van der Waals surface area contributed by atoms with Crippen molar-refractivity contribution in [2.75, 3.05) is 13.2 Å². The molecule has 0 saturated carbocycles. The summed E-state index contributed by atoms with van der Waals surface area (Å²) in [4.78, 5) is 33.0. The van der Waals surface area contributed by atoms with Crippen molar-refractivity contribution in [1.82, 2.24) is 5.32 Å². The number of carboxylic acid groups (broad SMARTS) is 1. The van der Waals surface area contributed by atoms with Gasteiger partial charge in [0, 0.05) is 6.54 Å². The lowest BCUT2D eigenvalue weighted by Crippen LogP contribution is -2.26. The molecule has 0 aliphatic heterocycles. The lowest BCUT2D eigenvalue weighted by molar-refractivity contribution is -0.143. The fraction of sp³-hybridized carbons (Fsp3) is 0.417. The van der Waals surface area contributed by atoms with Gasteiger partial charge in [-0.05, 0) is 19.1 Å². The van der Waals surface area contributed by atoms with Gasteiger partial charge < -0.3 is 19.6 Å². The number of amides is 1. The van der Waals surface area contributed by atoms with Crippen LogP contribution in [0.25, 0.3) is 0 Å². The molecule has 0 saturated heterocycles. The third kappa shape index (κ3) is 5.24. The Morgan fingerprint density at radius 1 is 1.37 bits per heavy atom. The van der Waals surface area contributed by atoms with Crippen molar-refractivity contribution in [2.24, 2.45) is 0 Å². The minimum Gasteiger partial charge on any atom is -0.481 e. The molecule has 1 amide bonds. The van der Waals surface area contributed by atoms with Gasteiger partial charge in [-0.3, -0.25) is 14.4 Å². The van der Waals surface area contributed by atoms with Crippen LogP contribution in [0.4, 0.5) is 0 Å². The molecule has 0 fully saturated rings. The summed E-state index contributed by atoms with van der Waals surface area (Å²) in [5, 5.41) is 11.0. The first-order valence-corrected chi connectivity index (χ1v) is 5.77. The zero-order valence-corrected chi connectivity index (χ0v) is 10.5.